The SMILES string of the molecule is Cc1c(CC(=O)O)c(=O)c2c(F)ccc(F)c2n1C. The summed E-state index contributed by atoms with van der Waals surface area (Å²) in [5.41, 5.74) is -0.655. The Morgan fingerprint density at radius 3 is 2.47 bits per heavy atom. The van der Waals surface area contributed by atoms with Crippen LogP contribution >= 0.6 is 0 Å². The fraction of sp³-hybridized carbons (Fsp3) is 0.231. The molecule has 4 nitrogen and oxygen atoms in total. The van der Waals surface area contributed by atoms with E-state index in [0.717, 1.165) is 12.1 Å². The molecule has 19 heavy (non-hydrogen) atoms. The van der Waals surface area contributed by atoms with Gasteiger partial charge in [-0.25, -0.2) is 8.78 Å². The van der Waals surface area contributed by atoms with Gasteiger partial charge in [0.05, 0.1) is 17.3 Å². The first-order valence-corrected chi connectivity index (χ1v) is 5.52. The van der Waals surface area contributed by atoms with Gasteiger partial charge in [0.2, 0.25) is 0 Å². The van der Waals surface area contributed by atoms with E-state index < -0.39 is 34.8 Å². The van der Waals surface area contributed by atoms with E-state index in [1.54, 1.807) is 0 Å². The fourth-order valence-corrected chi connectivity index (χ4v) is 2.13. The van der Waals surface area contributed by atoms with Crippen LogP contribution in [0.2, 0.25) is 0 Å². The minimum atomic E-state index is -1.20. The molecule has 0 spiro atoms. The van der Waals surface area contributed by atoms with Crippen molar-refractivity contribution in [2.45, 2.75) is 13.3 Å². The minimum absolute atomic E-state index is 0.0352. The van der Waals surface area contributed by atoms with Crippen LogP contribution in [0.25, 0.3) is 10.9 Å². The van der Waals surface area contributed by atoms with Gasteiger partial charge in [0.1, 0.15) is 11.6 Å². The monoisotopic (exact) mass is 267 g/mol. The summed E-state index contributed by atoms with van der Waals surface area (Å²) >= 11 is 0. The van der Waals surface area contributed by atoms with Gasteiger partial charge < -0.3 is 9.67 Å². The van der Waals surface area contributed by atoms with Crippen LogP contribution in [-0.2, 0) is 18.3 Å². The largest absolute Gasteiger partial charge is 0.481 e. The highest BCUT2D eigenvalue weighted by Gasteiger charge is 2.19. The number of fused-ring (bicyclic) bond motifs is 1. The van der Waals surface area contributed by atoms with Gasteiger partial charge in [-0.1, -0.05) is 0 Å². The first-order valence-electron chi connectivity index (χ1n) is 5.52. The van der Waals surface area contributed by atoms with E-state index in [2.05, 4.69) is 0 Å². The van der Waals surface area contributed by atoms with Crippen LogP contribution in [0.15, 0.2) is 16.9 Å². The van der Waals surface area contributed by atoms with Crippen LogP contribution in [0.3, 0.4) is 0 Å². The van der Waals surface area contributed by atoms with Crippen molar-refractivity contribution in [3.05, 3.63) is 45.2 Å². The second-order valence-corrected chi connectivity index (χ2v) is 4.28. The van der Waals surface area contributed by atoms with Crippen molar-refractivity contribution in [3.63, 3.8) is 0 Å². The van der Waals surface area contributed by atoms with Gasteiger partial charge in [-0.2, -0.15) is 0 Å². The number of carboxylic acids is 1. The number of pyridine rings is 1. The van der Waals surface area contributed by atoms with E-state index in [9.17, 15) is 18.4 Å². The number of halogens is 2. The summed E-state index contributed by atoms with van der Waals surface area (Å²) in [5.74, 6) is -2.78. The summed E-state index contributed by atoms with van der Waals surface area (Å²) in [7, 11) is 1.46. The van der Waals surface area contributed by atoms with Gasteiger partial charge in [0.25, 0.3) is 0 Å². The summed E-state index contributed by atoms with van der Waals surface area (Å²) in [4.78, 5) is 22.9. The molecule has 0 saturated carbocycles. The van der Waals surface area contributed by atoms with Crippen LogP contribution in [-0.4, -0.2) is 15.6 Å². The maximum atomic E-state index is 13.7. The van der Waals surface area contributed by atoms with Crippen molar-refractivity contribution in [3.8, 4) is 0 Å². The molecule has 1 heterocycles. The van der Waals surface area contributed by atoms with E-state index >= 15 is 0 Å². The van der Waals surface area contributed by atoms with E-state index in [-0.39, 0.29) is 11.1 Å². The lowest BCUT2D eigenvalue weighted by molar-refractivity contribution is -0.136. The molecule has 0 amide bonds. The second-order valence-electron chi connectivity index (χ2n) is 4.28. The van der Waals surface area contributed by atoms with E-state index in [1.165, 1.54) is 18.5 Å². The molecule has 0 radical (unpaired) electrons. The lowest BCUT2D eigenvalue weighted by atomic mass is 10.0. The molecule has 1 aromatic heterocycles. The first-order chi connectivity index (χ1) is 8.84. The Kier molecular flexibility index (Phi) is 3.09. The average molecular weight is 267 g/mol. The van der Waals surface area contributed by atoms with Gasteiger partial charge >= 0.3 is 5.97 Å². The third kappa shape index (κ3) is 1.99. The Balaban J connectivity index is 3.01. The Hall–Kier alpha value is -2.24. The lowest BCUT2D eigenvalue weighted by Gasteiger charge is -2.14. The molecule has 100 valence electrons. The first kappa shape index (κ1) is 13.2. The summed E-state index contributed by atoms with van der Waals surface area (Å²) in [6, 6.07) is 1.80. The third-order valence-corrected chi connectivity index (χ3v) is 3.18. The maximum Gasteiger partial charge on any atom is 0.308 e. The van der Waals surface area contributed by atoms with Crippen LogP contribution < -0.4 is 5.43 Å². The molecule has 2 rings (SSSR count). The van der Waals surface area contributed by atoms with Crippen molar-refractivity contribution in [2.75, 3.05) is 0 Å². The highest BCUT2D eigenvalue weighted by Crippen LogP contribution is 2.20. The normalized spacial score (nSPS) is 10.9. The summed E-state index contributed by atoms with van der Waals surface area (Å²) < 4.78 is 28.8. The third-order valence-electron chi connectivity index (χ3n) is 3.18. The van der Waals surface area contributed by atoms with Gasteiger partial charge in [-0.05, 0) is 19.1 Å². The predicted molar refractivity (Wildman–Crippen MR) is 65.2 cm³/mol. The highest BCUT2D eigenvalue weighted by atomic mass is 19.1. The number of benzene rings is 1. The number of aliphatic carboxylic acids is 1. The number of aromatic nitrogens is 1. The zero-order chi connectivity index (χ0) is 14.3. The number of hydrogen-bond acceptors (Lipinski definition) is 2. The van der Waals surface area contributed by atoms with Crippen molar-refractivity contribution < 1.29 is 18.7 Å². The number of hydrogen-bond donors (Lipinski definition) is 1. The van der Waals surface area contributed by atoms with Crippen LogP contribution in [0.1, 0.15) is 11.3 Å². The second kappa shape index (κ2) is 4.46. The topological polar surface area (TPSA) is 59.3 Å². The predicted octanol–water partition coefficient (Wildman–Crippen LogP) is 1.75. The Labute approximate surface area is 106 Å². The molecule has 1 aromatic carbocycles. The van der Waals surface area contributed by atoms with Crippen molar-refractivity contribution in [1.29, 1.82) is 0 Å². The van der Waals surface area contributed by atoms with E-state index in [1.807, 2.05) is 0 Å². The Morgan fingerprint density at radius 2 is 1.89 bits per heavy atom. The molecule has 6 heteroatoms. The fourth-order valence-electron chi connectivity index (χ4n) is 2.13. The number of carbonyl (C=O) groups is 1. The molecular formula is C13H11F2NO3. The number of rotatable bonds is 2. The molecule has 0 bridgehead atoms. The summed E-state index contributed by atoms with van der Waals surface area (Å²) in [5, 5.41) is 8.37. The maximum absolute atomic E-state index is 13.7. The van der Waals surface area contributed by atoms with Crippen LogP contribution in [0, 0.1) is 18.6 Å². The number of aryl methyl sites for hydroxylation is 1. The molecule has 0 aliphatic carbocycles. The van der Waals surface area contributed by atoms with Crippen molar-refractivity contribution in [1.82, 2.24) is 4.57 Å². The van der Waals surface area contributed by atoms with Crippen molar-refractivity contribution in [2.24, 2.45) is 7.05 Å². The molecular weight excluding hydrogens is 256 g/mol. The number of nitrogens with zero attached hydrogens (tertiary/aromatic N) is 1. The quantitative estimate of drug-likeness (QED) is 0.901. The highest BCUT2D eigenvalue weighted by molar-refractivity contribution is 5.83. The average Bonchev–Trinajstić information content (AvgIpc) is 2.34. The molecule has 0 aliphatic rings. The summed E-state index contributed by atoms with van der Waals surface area (Å²) in [6.45, 7) is 1.50. The minimum Gasteiger partial charge on any atom is -0.481 e. The van der Waals surface area contributed by atoms with Gasteiger partial charge in [0, 0.05) is 18.3 Å². The zero-order valence-corrected chi connectivity index (χ0v) is 10.3. The molecule has 2 aromatic rings. The van der Waals surface area contributed by atoms with Gasteiger partial charge in [-0.15, -0.1) is 0 Å². The molecule has 1 N–H and O–H groups in total. The molecule has 0 saturated heterocycles. The smallest absolute Gasteiger partial charge is 0.308 e. The molecule has 0 unspecified atom stereocenters. The molecule has 0 aliphatic heterocycles. The summed E-state index contributed by atoms with van der Waals surface area (Å²) in [6.07, 6.45) is -0.523. The van der Waals surface area contributed by atoms with E-state index in [4.69, 9.17) is 5.11 Å². The Morgan fingerprint density at radius 1 is 1.32 bits per heavy atom. The lowest BCUT2D eigenvalue weighted by Crippen LogP contribution is -2.21. The Bertz CT molecular complexity index is 750. The van der Waals surface area contributed by atoms with E-state index in [0.29, 0.717) is 5.69 Å². The van der Waals surface area contributed by atoms with Crippen LogP contribution in [0.4, 0.5) is 8.78 Å². The molecule has 0 fully saturated rings. The molecule has 0 atom stereocenters. The van der Waals surface area contributed by atoms with Gasteiger partial charge in [0.15, 0.2) is 5.43 Å². The standard InChI is InChI=1S/C13H11F2NO3/c1-6-7(5-10(17)18)13(19)11-8(14)3-4-9(15)12(11)16(6)2/h3-4H,5H2,1-2H3,(H,17,18). The zero-order valence-electron chi connectivity index (χ0n) is 10.3. The van der Waals surface area contributed by atoms with Gasteiger partial charge in [-0.3, -0.25) is 9.59 Å². The van der Waals surface area contributed by atoms with Crippen LogP contribution in [0.5, 0.6) is 0 Å². The van der Waals surface area contributed by atoms with Crippen molar-refractivity contribution >= 4 is 16.9 Å². The number of carboxylic acid groups (broad SMARTS) is 1.